The SMILES string of the molecule is CNCc1cccc(OCc2ccc(OC)c(OC)c2)c1. The molecular formula is C17H21NO3. The molecule has 0 radical (unpaired) electrons. The minimum Gasteiger partial charge on any atom is -0.493 e. The first kappa shape index (κ1) is 15.2. The predicted octanol–water partition coefficient (Wildman–Crippen LogP) is 3.00. The Morgan fingerprint density at radius 2 is 1.71 bits per heavy atom. The maximum Gasteiger partial charge on any atom is 0.161 e. The standard InChI is InChI=1S/C17H21NO3/c1-18-11-13-5-4-6-15(9-13)21-12-14-7-8-16(19-2)17(10-14)20-3/h4-10,18H,11-12H2,1-3H3. The maximum absolute atomic E-state index is 5.83. The number of ether oxygens (including phenoxy) is 3. The molecule has 0 fully saturated rings. The molecule has 2 aromatic rings. The largest absolute Gasteiger partial charge is 0.493 e. The molecule has 0 unspecified atom stereocenters. The van der Waals surface area contributed by atoms with E-state index in [1.54, 1.807) is 14.2 Å². The van der Waals surface area contributed by atoms with Crippen molar-refractivity contribution >= 4 is 0 Å². The van der Waals surface area contributed by atoms with Gasteiger partial charge in [-0.25, -0.2) is 0 Å². The maximum atomic E-state index is 5.83. The van der Waals surface area contributed by atoms with E-state index in [1.807, 2.05) is 43.4 Å². The second kappa shape index (κ2) is 7.55. The molecule has 1 N–H and O–H groups in total. The Hall–Kier alpha value is -2.20. The summed E-state index contributed by atoms with van der Waals surface area (Å²) in [7, 11) is 5.18. The Morgan fingerprint density at radius 3 is 2.43 bits per heavy atom. The molecule has 0 spiro atoms. The van der Waals surface area contributed by atoms with Crippen molar-refractivity contribution in [2.24, 2.45) is 0 Å². The van der Waals surface area contributed by atoms with Crippen LogP contribution in [0, 0.1) is 0 Å². The molecule has 0 atom stereocenters. The van der Waals surface area contributed by atoms with Crippen molar-refractivity contribution in [2.75, 3.05) is 21.3 Å². The lowest BCUT2D eigenvalue weighted by atomic mass is 10.2. The Morgan fingerprint density at radius 1 is 0.905 bits per heavy atom. The number of rotatable bonds is 7. The number of methoxy groups -OCH3 is 2. The van der Waals surface area contributed by atoms with Gasteiger partial charge < -0.3 is 19.5 Å². The van der Waals surface area contributed by atoms with Crippen molar-refractivity contribution in [2.45, 2.75) is 13.2 Å². The summed E-state index contributed by atoms with van der Waals surface area (Å²) in [5, 5.41) is 3.13. The van der Waals surface area contributed by atoms with E-state index >= 15 is 0 Å². The quantitative estimate of drug-likeness (QED) is 0.850. The molecule has 0 aromatic heterocycles. The zero-order chi connectivity index (χ0) is 15.1. The van der Waals surface area contributed by atoms with Gasteiger partial charge in [0.05, 0.1) is 14.2 Å². The molecular weight excluding hydrogens is 266 g/mol. The monoisotopic (exact) mass is 287 g/mol. The van der Waals surface area contributed by atoms with E-state index in [0.717, 1.165) is 23.6 Å². The van der Waals surface area contributed by atoms with E-state index in [0.29, 0.717) is 12.4 Å². The van der Waals surface area contributed by atoms with Gasteiger partial charge >= 0.3 is 0 Å². The van der Waals surface area contributed by atoms with Gasteiger partial charge in [0.15, 0.2) is 11.5 Å². The number of benzene rings is 2. The molecule has 112 valence electrons. The fourth-order valence-electron chi connectivity index (χ4n) is 2.09. The minimum absolute atomic E-state index is 0.489. The fourth-order valence-corrected chi connectivity index (χ4v) is 2.09. The number of hydrogen-bond acceptors (Lipinski definition) is 4. The topological polar surface area (TPSA) is 39.7 Å². The van der Waals surface area contributed by atoms with E-state index < -0.39 is 0 Å². The zero-order valence-electron chi connectivity index (χ0n) is 12.7. The summed E-state index contributed by atoms with van der Waals surface area (Å²) in [5.41, 5.74) is 2.23. The highest BCUT2D eigenvalue weighted by molar-refractivity contribution is 5.42. The summed E-state index contributed by atoms with van der Waals surface area (Å²) in [5.74, 6) is 2.29. The van der Waals surface area contributed by atoms with Crippen LogP contribution in [0.2, 0.25) is 0 Å². The third kappa shape index (κ3) is 4.13. The van der Waals surface area contributed by atoms with Gasteiger partial charge in [0.1, 0.15) is 12.4 Å². The minimum atomic E-state index is 0.489. The van der Waals surface area contributed by atoms with Crippen molar-refractivity contribution in [3.05, 3.63) is 53.6 Å². The summed E-state index contributed by atoms with van der Waals surface area (Å²) in [6.45, 7) is 1.32. The second-order valence-electron chi connectivity index (χ2n) is 4.66. The van der Waals surface area contributed by atoms with Crippen LogP contribution in [-0.2, 0) is 13.2 Å². The summed E-state index contributed by atoms with van der Waals surface area (Å²) >= 11 is 0. The highest BCUT2D eigenvalue weighted by Crippen LogP contribution is 2.28. The number of hydrogen-bond donors (Lipinski definition) is 1. The lowest BCUT2D eigenvalue weighted by molar-refractivity contribution is 0.303. The van der Waals surface area contributed by atoms with Crippen LogP contribution in [0.5, 0.6) is 17.2 Å². The first-order valence-corrected chi connectivity index (χ1v) is 6.84. The van der Waals surface area contributed by atoms with Gasteiger partial charge in [-0.3, -0.25) is 0 Å². The Kier molecular flexibility index (Phi) is 5.46. The van der Waals surface area contributed by atoms with Crippen LogP contribution in [0.4, 0.5) is 0 Å². The van der Waals surface area contributed by atoms with Crippen LogP contribution < -0.4 is 19.5 Å². The van der Waals surface area contributed by atoms with Gasteiger partial charge in [-0.15, -0.1) is 0 Å². The zero-order valence-corrected chi connectivity index (χ0v) is 12.7. The van der Waals surface area contributed by atoms with E-state index in [4.69, 9.17) is 14.2 Å². The van der Waals surface area contributed by atoms with Crippen LogP contribution in [0.1, 0.15) is 11.1 Å². The van der Waals surface area contributed by atoms with E-state index in [9.17, 15) is 0 Å². The average molecular weight is 287 g/mol. The van der Waals surface area contributed by atoms with Crippen LogP contribution in [0.3, 0.4) is 0 Å². The summed E-state index contributed by atoms with van der Waals surface area (Å²) in [6, 6.07) is 13.8. The van der Waals surface area contributed by atoms with Gasteiger partial charge in [0.25, 0.3) is 0 Å². The Bertz CT molecular complexity index is 584. The molecule has 2 rings (SSSR count). The molecule has 4 heteroatoms. The predicted molar refractivity (Wildman–Crippen MR) is 83.1 cm³/mol. The lowest BCUT2D eigenvalue weighted by Gasteiger charge is -2.11. The molecule has 0 aliphatic heterocycles. The molecule has 0 saturated heterocycles. The molecule has 0 aliphatic rings. The van der Waals surface area contributed by atoms with E-state index in [2.05, 4.69) is 11.4 Å². The highest BCUT2D eigenvalue weighted by Gasteiger charge is 2.05. The van der Waals surface area contributed by atoms with Crippen molar-refractivity contribution in [3.8, 4) is 17.2 Å². The third-order valence-corrected chi connectivity index (χ3v) is 3.13. The van der Waals surface area contributed by atoms with E-state index in [1.165, 1.54) is 5.56 Å². The fraction of sp³-hybridized carbons (Fsp3) is 0.294. The number of nitrogens with one attached hydrogen (secondary N) is 1. The molecule has 0 aliphatic carbocycles. The molecule has 0 heterocycles. The van der Waals surface area contributed by atoms with E-state index in [-0.39, 0.29) is 0 Å². The van der Waals surface area contributed by atoms with Crippen molar-refractivity contribution < 1.29 is 14.2 Å². The van der Waals surface area contributed by atoms with Gasteiger partial charge in [0.2, 0.25) is 0 Å². The first-order valence-electron chi connectivity index (χ1n) is 6.84. The molecule has 21 heavy (non-hydrogen) atoms. The van der Waals surface area contributed by atoms with Gasteiger partial charge in [-0.2, -0.15) is 0 Å². The smallest absolute Gasteiger partial charge is 0.161 e. The molecule has 4 nitrogen and oxygen atoms in total. The van der Waals surface area contributed by atoms with Crippen LogP contribution in [0.25, 0.3) is 0 Å². The summed E-state index contributed by atoms with van der Waals surface area (Å²) in [4.78, 5) is 0. The third-order valence-electron chi connectivity index (χ3n) is 3.13. The highest BCUT2D eigenvalue weighted by atomic mass is 16.5. The van der Waals surface area contributed by atoms with Crippen molar-refractivity contribution in [3.63, 3.8) is 0 Å². The lowest BCUT2D eigenvalue weighted by Crippen LogP contribution is -2.05. The Balaban J connectivity index is 2.04. The van der Waals surface area contributed by atoms with Crippen LogP contribution >= 0.6 is 0 Å². The van der Waals surface area contributed by atoms with Gasteiger partial charge in [-0.1, -0.05) is 18.2 Å². The first-order chi connectivity index (χ1) is 10.3. The summed E-state index contributed by atoms with van der Waals surface area (Å²) < 4.78 is 16.3. The summed E-state index contributed by atoms with van der Waals surface area (Å²) in [6.07, 6.45) is 0. The Labute approximate surface area is 125 Å². The van der Waals surface area contributed by atoms with Gasteiger partial charge in [-0.05, 0) is 42.4 Å². The van der Waals surface area contributed by atoms with Crippen molar-refractivity contribution in [1.29, 1.82) is 0 Å². The normalized spacial score (nSPS) is 10.2. The average Bonchev–Trinajstić information content (AvgIpc) is 2.53. The van der Waals surface area contributed by atoms with Gasteiger partial charge in [0, 0.05) is 6.54 Å². The molecule has 0 amide bonds. The molecule has 0 saturated carbocycles. The van der Waals surface area contributed by atoms with Crippen molar-refractivity contribution in [1.82, 2.24) is 5.32 Å². The molecule has 2 aromatic carbocycles. The molecule has 0 bridgehead atoms. The van der Waals surface area contributed by atoms with Crippen LogP contribution in [0.15, 0.2) is 42.5 Å². The van der Waals surface area contributed by atoms with Crippen LogP contribution in [-0.4, -0.2) is 21.3 Å². The second-order valence-corrected chi connectivity index (χ2v) is 4.66.